The molecule has 11 rings (SSSR count). The van der Waals surface area contributed by atoms with Crippen molar-refractivity contribution in [1.82, 2.24) is 19.1 Å². The lowest BCUT2D eigenvalue weighted by Crippen LogP contribution is -2.05. The van der Waals surface area contributed by atoms with E-state index >= 15 is 0 Å². The fraction of sp³-hybridized carbons (Fsp3) is 0. The van der Waals surface area contributed by atoms with Gasteiger partial charge in [-0.1, -0.05) is 127 Å². The average Bonchev–Trinajstić information content (AvgIpc) is 3.68. The normalized spacial score (nSPS) is 12.0. The number of hydrogen-bond acceptors (Lipinski definition) is 2. The molecule has 0 amide bonds. The van der Waals surface area contributed by atoms with Gasteiger partial charge in [0.05, 0.1) is 39.7 Å². The molecule has 0 spiro atoms. The van der Waals surface area contributed by atoms with Crippen molar-refractivity contribution in [3.63, 3.8) is 0 Å². The lowest BCUT2D eigenvalue weighted by atomic mass is 9.84. The first-order valence-electron chi connectivity index (χ1n) is 17.0. The zero-order valence-electron chi connectivity index (χ0n) is 27.0. The van der Waals surface area contributed by atoms with Gasteiger partial charge in [-0.25, -0.2) is 4.98 Å². The van der Waals surface area contributed by atoms with Crippen molar-refractivity contribution >= 4 is 43.6 Å². The maximum Gasteiger partial charge on any atom is 0.156 e. The molecule has 7 aromatic carbocycles. The molecule has 0 bridgehead atoms. The third-order valence-corrected chi connectivity index (χ3v) is 10.3. The first-order chi connectivity index (χ1) is 24.8. The topological polar surface area (TPSA) is 35.6 Å². The SMILES string of the molecule is c1ccc(-n2c3ccccc3c3cc4c(cc32)c2ccccc2n4-c2cnc3c(n2)-c2ccccc2-c2ccccc2-c2ccccc2-3)cc1. The van der Waals surface area contributed by atoms with E-state index in [0.29, 0.717) is 0 Å². The maximum atomic E-state index is 5.56. The summed E-state index contributed by atoms with van der Waals surface area (Å²) in [4.78, 5) is 10.8. The Morgan fingerprint density at radius 2 is 0.780 bits per heavy atom. The van der Waals surface area contributed by atoms with Gasteiger partial charge in [-0.3, -0.25) is 9.55 Å². The molecule has 232 valence electrons. The molecule has 0 atom stereocenters. The van der Waals surface area contributed by atoms with Crippen LogP contribution < -0.4 is 0 Å². The van der Waals surface area contributed by atoms with Gasteiger partial charge in [-0.2, -0.15) is 0 Å². The van der Waals surface area contributed by atoms with Crippen LogP contribution in [0.3, 0.4) is 0 Å². The van der Waals surface area contributed by atoms with E-state index in [4.69, 9.17) is 9.97 Å². The lowest BCUT2D eigenvalue weighted by Gasteiger charge is -2.22. The van der Waals surface area contributed by atoms with Crippen molar-refractivity contribution in [2.75, 3.05) is 0 Å². The van der Waals surface area contributed by atoms with E-state index in [2.05, 4.69) is 173 Å². The van der Waals surface area contributed by atoms with Gasteiger partial charge in [0.2, 0.25) is 0 Å². The average molecular weight is 637 g/mol. The van der Waals surface area contributed by atoms with Gasteiger partial charge in [0, 0.05) is 38.4 Å². The van der Waals surface area contributed by atoms with E-state index in [0.717, 1.165) is 56.2 Å². The molecule has 0 radical (unpaired) electrons. The van der Waals surface area contributed by atoms with E-state index in [1.54, 1.807) is 0 Å². The quantitative estimate of drug-likeness (QED) is 0.189. The third kappa shape index (κ3) is 3.76. The molecule has 0 fully saturated rings. The Bertz CT molecular complexity index is 2980. The first kappa shape index (κ1) is 27.2. The minimum absolute atomic E-state index is 0.794. The number of nitrogens with zero attached hydrogens (tertiary/aromatic N) is 4. The summed E-state index contributed by atoms with van der Waals surface area (Å²) in [6.45, 7) is 0. The molecular formula is C46H28N4. The predicted molar refractivity (Wildman–Crippen MR) is 206 cm³/mol. The molecule has 3 heterocycles. The fourth-order valence-electron chi connectivity index (χ4n) is 8.21. The standard InChI is InChI=1S/C46H28N4/c1-2-14-29(15-3-1)49-40-24-12-10-20-34(40)38-27-43-39(26-42(38)49)35-21-11-13-25-41(35)50(43)44-28-47-45-36-22-8-6-18-32(36)30-16-4-5-17-31(30)33-19-7-9-23-37(33)46(45)48-44/h1-28H. The van der Waals surface area contributed by atoms with E-state index in [1.165, 1.54) is 43.7 Å². The van der Waals surface area contributed by atoms with Crippen LogP contribution in [0.15, 0.2) is 170 Å². The fourth-order valence-corrected chi connectivity index (χ4v) is 8.21. The summed E-state index contributed by atoms with van der Waals surface area (Å²) >= 11 is 0. The predicted octanol–water partition coefficient (Wildman–Crippen LogP) is 11.7. The van der Waals surface area contributed by atoms with Crippen molar-refractivity contribution < 1.29 is 0 Å². The molecule has 3 aromatic heterocycles. The first-order valence-corrected chi connectivity index (χ1v) is 17.0. The molecule has 0 saturated carbocycles. The third-order valence-electron chi connectivity index (χ3n) is 10.3. The summed E-state index contributed by atoms with van der Waals surface area (Å²) in [6, 6.07) is 58.6. The van der Waals surface area contributed by atoms with Gasteiger partial charge in [-0.05, 0) is 58.7 Å². The molecule has 4 heteroatoms. The van der Waals surface area contributed by atoms with Crippen molar-refractivity contribution in [2.24, 2.45) is 0 Å². The van der Waals surface area contributed by atoms with E-state index in [1.807, 2.05) is 6.20 Å². The minimum atomic E-state index is 0.794. The van der Waals surface area contributed by atoms with Crippen LogP contribution in [0.25, 0.3) is 99.9 Å². The van der Waals surface area contributed by atoms with Crippen molar-refractivity contribution in [1.29, 1.82) is 0 Å². The van der Waals surface area contributed by atoms with E-state index in [-0.39, 0.29) is 0 Å². The van der Waals surface area contributed by atoms with Crippen LogP contribution >= 0.6 is 0 Å². The smallest absolute Gasteiger partial charge is 0.156 e. The number of para-hydroxylation sites is 3. The Kier molecular flexibility index (Phi) is 5.63. The lowest BCUT2D eigenvalue weighted by molar-refractivity contribution is 1.05. The highest BCUT2D eigenvalue weighted by Crippen LogP contribution is 2.47. The van der Waals surface area contributed by atoms with Crippen LogP contribution in [-0.4, -0.2) is 19.1 Å². The van der Waals surface area contributed by atoms with Gasteiger partial charge in [-0.15, -0.1) is 0 Å². The second kappa shape index (κ2) is 10.4. The highest BCUT2D eigenvalue weighted by Gasteiger charge is 2.25. The van der Waals surface area contributed by atoms with E-state index < -0.39 is 0 Å². The second-order valence-electron chi connectivity index (χ2n) is 13.0. The van der Waals surface area contributed by atoms with Gasteiger partial charge in [0.15, 0.2) is 5.82 Å². The monoisotopic (exact) mass is 636 g/mol. The van der Waals surface area contributed by atoms with Crippen LogP contribution in [0.5, 0.6) is 0 Å². The Hall–Kier alpha value is -6.78. The number of rotatable bonds is 2. The molecule has 50 heavy (non-hydrogen) atoms. The van der Waals surface area contributed by atoms with Crippen molar-refractivity contribution in [3.8, 4) is 56.3 Å². The number of fused-ring (bicyclic) bond motifs is 14. The van der Waals surface area contributed by atoms with Crippen LogP contribution in [0, 0.1) is 0 Å². The maximum absolute atomic E-state index is 5.56. The number of benzene rings is 7. The molecule has 1 aliphatic carbocycles. The molecule has 0 aliphatic heterocycles. The van der Waals surface area contributed by atoms with E-state index in [9.17, 15) is 0 Å². The summed E-state index contributed by atoms with van der Waals surface area (Å²) in [5.41, 5.74) is 14.4. The molecule has 10 aromatic rings. The van der Waals surface area contributed by atoms with Crippen molar-refractivity contribution in [3.05, 3.63) is 170 Å². The Labute approximate surface area is 288 Å². The highest BCUT2D eigenvalue weighted by atomic mass is 15.1. The molecule has 4 nitrogen and oxygen atoms in total. The second-order valence-corrected chi connectivity index (χ2v) is 13.0. The Morgan fingerprint density at radius 1 is 0.340 bits per heavy atom. The summed E-state index contributed by atoms with van der Waals surface area (Å²) in [5.74, 6) is 0.794. The molecular weight excluding hydrogens is 609 g/mol. The summed E-state index contributed by atoms with van der Waals surface area (Å²) in [7, 11) is 0. The largest absolute Gasteiger partial charge is 0.309 e. The molecule has 0 unspecified atom stereocenters. The number of hydrogen-bond donors (Lipinski definition) is 0. The van der Waals surface area contributed by atoms with Crippen LogP contribution in [0.4, 0.5) is 0 Å². The van der Waals surface area contributed by atoms with Crippen molar-refractivity contribution in [2.45, 2.75) is 0 Å². The Balaban J connectivity index is 1.24. The van der Waals surface area contributed by atoms with Gasteiger partial charge < -0.3 is 4.57 Å². The number of aromatic nitrogens is 4. The summed E-state index contributed by atoms with van der Waals surface area (Å²) in [6.07, 6.45) is 1.95. The summed E-state index contributed by atoms with van der Waals surface area (Å²) < 4.78 is 4.68. The van der Waals surface area contributed by atoms with Gasteiger partial charge >= 0.3 is 0 Å². The highest BCUT2D eigenvalue weighted by molar-refractivity contribution is 6.19. The Morgan fingerprint density at radius 3 is 1.38 bits per heavy atom. The van der Waals surface area contributed by atoms with Crippen LogP contribution in [-0.2, 0) is 0 Å². The molecule has 1 aliphatic rings. The molecule has 0 saturated heterocycles. The van der Waals surface area contributed by atoms with Crippen LogP contribution in [0.1, 0.15) is 0 Å². The summed E-state index contributed by atoms with van der Waals surface area (Å²) in [5, 5.41) is 4.79. The minimum Gasteiger partial charge on any atom is -0.309 e. The van der Waals surface area contributed by atoms with Gasteiger partial charge in [0.25, 0.3) is 0 Å². The van der Waals surface area contributed by atoms with Gasteiger partial charge in [0.1, 0.15) is 0 Å². The zero-order chi connectivity index (χ0) is 32.8. The zero-order valence-corrected chi connectivity index (χ0v) is 27.0. The van der Waals surface area contributed by atoms with Crippen LogP contribution in [0.2, 0.25) is 0 Å². The molecule has 0 N–H and O–H groups in total.